The Labute approximate surface area is 244 Å². The number of benzene rings is 1. The number of ether oxygens (including phenoxy) is 2. The van der Waals surface area contributed by atoms with Crippen LogP contribution in [0.25, 0.3) is 11.2 Å². The first-order chi connectivity index (χ1) is 20.2. The third-order valence-corrected chi connectivity index (χ3v) is 7.40. The van der Waals surface area contributed by atoms with Crippen molar-refractivity contribution in [1.82, 2.24) is 19.5 Å². The second-order valence-corrected chi connectivity index (χ2v) is 10.1. The van der Waals surface area contributed by atoms with E-state index in [1.165, 1.54) is 10.9 Å². The number of terminal acetylenes is 1. The predicted octanol–water partition coefficient (Wildman–Crippen LogP) is 0.0499. The highest BCUT2D eigenvalue weighted by atomic mass is 35.5. The van der Waals surface area contributed by atoms with Crippen LogP contribution in [0.2, 0.25) is 5.28 Å². The van der Waals surface area contributed by atoms with Gasteiger partial charge in [-0.25, -0.2) is 9.78 Å². The van der Waals surface area contributed by atoms with Crippen LogP contribution in [-0.4, -0.2) is 102 Å². The first-order valence-electron chi connectivity index (χ1n) is 12.8. The summed E-state index contributed by atoms with van der Waals surface area (Å²) in [6, 6.07) is 8.95. The van der Waals surface area contributed by atoms with E-state index in [2.05, 4.69) is 20.9 Å². The third kappa shape index (κ3) is 6.28. The molecule has 4 heterocycles. The van der Waals surface area contributed by atoms with Gasteiger partial charge in [0.2, 0.25) is 5.28 Å². The van der Waals surface area contributed by atoms with Crippen LogP contribution in [0, 0.1) is 18.3 Å². The smallest absolute Gasteiger partial charge is 0.373 e. The van der Waals surface area contributed by atoms with Crippen molar-refractivity contribution in [3.63, 3.8) is 0 Å². The number of aliphatic carboxylic acids is 1. The molecule has 15 heteroatoms. The Morgan fingerprint density at radius 3 is 2.62 bits per heavy atom. The van der Waals surface area contributed by atoms with Crippen molar-refractivity contribution in [2.24, 2.45) is 5.92 Å². The molecule has 2 aromatic heterocycles. The minimum atomic E-state index is -2.19. The van der Waals surface area contributed by atoms with Gasteiger partial charge in [-0.2, -0.15) is 19.6 Å². The van der Waals surface area contributed by atoms with Crippen molar-refractivity contribution in [2.75, 3.05) is 31.2 Å². The lowest BCUT2D eigenvalue weighted by molar-refractivity contribution is -0.191. The Bertz CT molecular complexity index is 1480. The molecule has 6 atom stereocenters. The van der Waals surface area contributed by atoms with E-state index in [9.17, 15) is 25.2 Å². The molecule has 0 spiro atoms. The van der Waals surface area contributed by atoms with Crippen LogP contribution in [0.15, 0.2) is 36.7 Å². The molecule has 2 fully saturated rings. The maximum absolute atomic E-state index is 11.8. The number of carboxylic acid groups (broad SMARTS) is 1. The van der Waals surface area contributed by atoms with Gasteiger partial charge in [0.25, 0.3) is 0 Å². The van der Waals surface area contributed by atoms with Gasteiger partial charge in [-0.05, 0) is 23.6 Å². The van der Waals surface area contributed by atoms with E-state index in [0.717, 1.165) is 12.0 Å². The van der Waals surface area contributed by atoms with E-state index in [1.54, 1.807) is 24.3 Å². The first-order valence-corrected chi connectivity index (χ1v) is 13.2. The summed E-state index contributed by atoms with van der Waals surface area (Å²) in [4.78, 5) is 43.1. The zero-order chi connectivity index (χ0) is 30.4. The summed E-state index contributed by atoms with van der Waals surface area (Å²) in [6.07, 6.45) is 2.74. The van der Waals surface area contributed by atoms with Gasteiger partial charge in [-0.3, -0.25) is 4.57 Å². The molecule has 5 rings (SSSR count). The van der Waals surface area contributed by atoms with Crippen molar-refractivity contribution in [3.05, 3.63) is 47.5 Å². The molecule has 14 nitrogen and oxygen atoms in total. The largest absolute Gasteiger partial charge is 0.479 e. The van der Waals surface area contributed by atoms with Crippen LogP contribution in [0.1, 0.15) is 18.2 Å². The van der Waals surface area contributed by atoms with Crippen molar-refractivity contribution in [2.45, 2.75) is 43.0 Å². The molecule has 1 aromatic carbocycles. The molecule has 2 aliphatic rings. The van der Waals surface area contributed by atoms with Gasteiger partial charge < -0.3 is 34.8 Å². The Hall–Kier alpha value is -3.93. The maximum atomic E-state index is 11.8. The first kappa shape index (κ1) is 31.0. The molecule has 0 aliphatic carbocycles. The number of rotatable bonds is 9. The SMILES string of the molecule is C#C[C@@]1(O)[C@@H](COC(Cc2ccccc2)C(=O)O)O[C@@H](n2cnc3c(N4CC[C@H](CO)C4)nc(Cl)nc32)[C@@H]1O.O=C=O. The van der Waals surface area contributed by atoms with Gasteiger partial charge >= 0.3 is 12.1 Å². The Morgan fingerprint density at radius 1 is 1.29 bits per heavy atom. The molecule has 3 aromatic rings. The quantitative estimate of drug-likeness (QED) is 0.190. The summed E-state index contributed by atoms with van der Waals surface area (Å²) in [5.41, 5.74) is -0.801. The zero-order valence-electron chi connectivity index (χ0n) is 22.1. The fourth-order valence-electron chi connectivity index (χ4n) is 5.02. The molecule has 4 N–H and O–H groups in total. The number of nitrogens with zero attached hydrogens (tertiary/aromatic N) is 5. The Balaban J connectivity index is 0.00000129. The summed E-state index contributed by atoms with van der Waals surface area (Å²) < 4.78 is 13.0. The number of halogens is 1. The number of hydrogen-bond acceptors (Lipinski definition) is 12. The van der Waals surface area contributed by atoms with Crippen LogP contribution in [0.4, 0.5) is 5.82 Å². The molecule has 0 amide bonds. The zero-order valence-corrected chi connectivity index (χ0v) is 22.9. The van der Waals surface area contributed by atoms with Crippen molar-refractivity contribution in [3.8, 4) is 12.3 Å². The number of aliphatic hydroxyl groups excluding tert-OH is 2. The average Bonchev–Trinajstić information content (AvgIpc) is 3.69. The van der Waals surface area contributed by atoms with E-state index in [0.29, 0.717) is 24.4 Å². The predicted molar refractivity (Wildman–Crippen MR) is 144 cm³/mol. The van der Waals surface area contributed by atoms with Crippen LogP contribution in [0.5, 0.6) is 0 Å². The number of aromatic nitrogens is 4. The molecule has 1 unspecified atom stereocenters. The number of carbonyl (C=O) groups is 1. The molecule has 0 radical (unpaired) electrons. The van der Waals surface area contributed by atoms with Gasteiger partial charge in [0, 0.05) is 32.0 Å². The lowest BCUT2D eigenvalue weighted by Gasteiger charge is -2.26. The van der Waals surface area contributed by atoms with E-state index in [1.807, 2.05) is 11.0 Å². The number of aliphatic hydroxyl groups is 3. The van der Waals surface area contributed by atoms with Crippen LogP contribution >= 0.6 is 11.6 Å². The van der Waals surface area contributed by atoms with Crippen molar-refractivity contribution >= 4 is 40.7 Å². The Kier molecular flexibility index (Phi) is 9.87. The van der Waals surface area contributed by atoms with Crippen molar-refractivity contribution in [1.29, 1.82) is 0 Å². The molecule has 222 valence electrons. The maximum Gasteiger partial charge on any atom is 0.373 e. The fourth-order valence-corrected chi connectivity index (χ4v) is 5.18. The summed E-state index contributed by atoms with van der Waals surface area (Å²) in [7, 11) is 0. The summed E-state index contributed by atoms with van der Waals surface area (Å²) in [5, 5.41) is 41.4. The van der Waals surface area contributed by atoms with Gasteiger partial charge in [0.1, 0.15) is 12.2 Å². The lowest BCUT2D eigenvalue weighted by Crippen LogP contribution is -2.48. The van der Waals surface area contributed by atoms with Gasteiger partial charge in [-0.15, -0.1) is 6.42 Å². The number of imidazole rings is 1. The second-order valence-electron chi connectivity index (χ2n) is 9.79. The normalized spacial score (nSPS) is 25.8. The summed E-state index contributed by atoms with van der Waals surface area (Å²) >= 11 is 6.24. The summed E-state index contributed by atoms with van der Waals surface area (Å²) in [5.74, 6) is 1.57. The fraction of sp³-hybridized carbons (Fsp3) is 0.444. The highest BCUT2D eigenvalue weighted by Gasteiger charge is 2.56. The van der Waals surface area contributed by atoms with Gasteiger partial charge in [-0.1, -0.05) is 36.3 Å². The van der Waals surface area contributed by atoms with Gasteiger partial charge in [0.15, 0.2) is 34.9 Å². The van der Waals surface area contributed by atoms with Crippen LogP contribution < -0.4 is 4.90 Å². The monoisotopic (exact) mass is 601 g/mol. The molecular weight excluding hydrogens is 574 g/mol. The molecule has 0 bridgehead atoms. The molecule has 42 heavy (non-hydrogen) atoms. The van der Waals surface area contributed by atoms with Crippen LogP contribution in [0.3, 0.4) is 0 Å². The van der Waals surface area contributed by atoms with Crippen molar-refractivity contribution < 1.29 is 44.3 Å². The third-order valence-electron chi connectivity index (χ3n) is 7.23. The number of fused-ring (bicyclic) bond motifs is 1. The van der Waals surface area contributed by atoms with Crippen LogP contribution in [-0.2, 0) is 30.3 Å². The highest BCUT2D eigenvalue weighted by Crippen LogP contribution is 2.39. The molecular formula is C27H28ClN5O9. The molecule has 2 aliphatic heterocycles. The van der Waals surface area contributed by atoms with E-state index in [4.69, 9.17) is 37.1 Å². The topological polar surface area (TPSA) is 197 Å². The van der Waals surface area contributed by atoms with E-state index >= 15 is 0 Å². The van der Waals surface area contributed by atoms with E-state index in [-0.39, 0.29) is 36.0 Å². The Morgan fingerprint density at radius 2 is 2.00 bits per heavy atom. The number of anilines is 1. The summed E-state index contributed by atoms with van der Waals surface area (Å²) in [6.45, 7) is 0.866. The average molecular weight is 602 g/mol. The highest BCUT2D eigenvalue weighted by molar-refractivity contribution is 6.28. The number of carboxylic acids is 1. The number of carbonyl (C=O) groups excluding carboxylic acids is 2. The van der Waals surface area contributed by atoms with E-state index < -0.39 is 42.7 Å². The minimum Gasteiger partial charge on any atom is -0.479 e. The number of hydrogen-bond donors (Lipinski definition) is 4. The second kappa shape index (κ2) is 13.4. The molecule has 0 saturated carbocycles. The standard InChI is InChI=1S/C26H28ClN5O7.CO2/c1-2-26(37)18(13-38-17(24(35)36)10-15-6-4-3-5-7-15)39-23(20(26)34)32-14-28-19-21(29-25(27)30-22(19)32)31-9-8-16(11-31)12-33;2-1-3/h1,3-7,14,16-18,20,23,33-34,37H,8-13H2,(H,35,36);/t16-,17?,18+,20-,23+,26+;/m0./s1. The molecule has 2 saturated heterocycles. The van der Waals surface area contributed by atoms with Gasteiger partial charge in [0.05, 0.1) is 12.9 Å². The lowest BCUT2D eigenvalue weighted by atomic mass is 9.93. The minimum absolute atomic E-state index is 0.0528.